The zero-order valence-electron chi connectivity index (χ0n) is 13.4. The Hall–Kier alpha value is -1.96. The normalized spacial score (nSPS) is 14.7. The molecule has 0 spiro atoms. The van der Waals surface area contributed by atoms with Crippen LogP contribution in [0.3, 0.4) is 0 Å². The molecule has 1 unspecified atom stereocenters. The van der Waals surface area contributed by atoms with Crippen molar-refractivity contribution in [2.24, 2.45) is 12.2 Å². The van der Waals surface area contributed by atoms with E-state index in [1.54, 1.807) is 33.4 Å². The van der Waals surface area contributed by atoms with Crippen LogP contribution in [0.25, 0.3) is 0 Å². The zero-order chi connectivity index (χ0) is 17.3. The Balaban J connectivity index is 2.81. The summed E-state index contributed by atoms with van der Waals surface area (Å²) in [4.78, 5) is 13.5. The molecule has 2 aromatic rings. The fourth-order valence-corrected chi connectivity index (χ4v) is 4.00. The Morgan fingerprint density at radius 3 is 2.17 bits per heavy atom. The summed E-state index contributed by atoms with van der Waals surface area (Å²) in [5.41, 5.74) is 0.327. The Kier molecular flexibility index (Phi) is 4.74. The van der Waals surface area contributed by atoms with Gasteiger partial charge in [-0.1, -0.05) is 30.3 Å². The highest BCUT2D eigenvalue weighted by Crippen LogP contribution is 2.35. The Morgan fingerprint density at radius 2 is 1.70 bits per heavy atom. The molecule has 0 fully saturated rings. The third-order valence-electron chi connectivity index (χ3n) is 3.99. The number of hydrogen-bond acceptors (Lipinski definition) is 4. The van der Waals surface area contributed by atoms with E-state index in [2.05, 4.69) is 0 Å². The predicted octanol–water partition coefficient (Wildman–Crippen LogP) is 0.479. The van der Waals surface area contributed by atoms with E-state index < -0.39 is 15.6 Å². The zero-order valence-corrected chi connectivity index (χ0v) is 14.2. The Bertz CT molecular complexity index is 844. The molecule has 7 heteroatoms. The number of aromatic nitrogens is 1. The van der Waals surface area contributed by atoms with E-state index in [-0.39, 0.29) is 11.3 Å². The van der Waals surface area contributed by atoms with Crippen molar-refractivity contribution in [1.29, 1.82) is 0 Å². The average Bonchev–Trinajstić information content (AvgIpc) is 2.47. The molecule has 0 amide bonds. The number of pyridine rings is 1. The van der Waals surface area contributed by atoms with Crippen LogP contribution in [0.4, 0.5) is 0 Å². The SMILES string of the molecule is CN(C)C(CS(N)(=O)=O)(c1ccccc1)c1ccc(=O)n(C)c1. The van der Waals surface area contributed by atoms with Crippen LogP contribution in [0.2, 0.25) is 0 Å². The number of benzene rings is 1. The molecule has 0 aliphatic heterocycles. The minimum Gasteiger partial charge on any atom is -0.318 e. The molecule has 1 atom stereocenters. The van der Waals surface area contributed by atoms with Crippen molar-refractivity contribution in [3.63, 3.8) is 0 Å². The monoisotopic (exact) mass is 335 g/mol. The van der Waals surface area contributed by atoms with Gasteiger partial charge in [0, 0.05) is 19.3 Å². The molecule has 23 heavy (non-hydrogen) atoms. The van der Waals surface area contributed by atoms with Gasteiger partial charge in [-0.15, -0.1) is 0 Å². The molecule has 6 nitrogen and oxygen atoms in total. The second-order valence-corrected chi connectivity index (χ2v) is 7.41. The van der Waals surface area contributed by atoms with Crippen molar-refractivity contribution in [2.75, 3.05) is 19.8 Å². The topological polar surface area (TPSA) is 85.4 Å². The van der Waals surface area contributed by atoms with Gasteiger partial charge in [-0.25, -0.2) is 13.6 Å². The molecular weight excluding hydrogens is 314 g/mol. The fraction of sp³-hybridized carbons (Fsp3) is 0.312. The van der Waals surface area contributed by atoms with E-state index >= 15 is 0 Å². The number of nitrogens with two attached hydrogens (primary N) is 1. The first-order valence-corrected chi connectivity index (χ1v) is 8.79. The molecule has 0 bridgehead atoms. The number of sulfonamides is 1. The van der Waals surface area contributed by atoms with Gasteiger partial charge in [0.25, 0.3) is 0 Å². The van der Waals surface area contributed by atoms with Crippen LogP contribution in [0, 0.1) is 0 Å². The van der Waals surface area contributed by atoms with Gasteiger partial charge in [0.15, 0.2) is 0 Å². The van der Waals surface area contributed by atoms with E-state index in [0.717, 1.165) is 5.56 Å². The summed E-state index contributed by atoms with van der Waals surface area (Å²) in [5, 5.41) is 5.38. The second-order valence-electron chi connectivity index (χ2n) is 5.79. The minimum absolute atomic E-state index is 0.162. The Morgan fingerprint density at radius 1 is 1.09 bits per heavy atom. The molecule has 0 aliphatic rings. The van der Waals surface area contributed by atoms with Crippen molar-refractivity contribution < 1.29 is 8.42 Å². The molecule has 1 aromatic heterocycles. The van der Waals surface area contributed by atoms with Crippen LogP contribution < -0.4 is 10.7 Å². The molecule has 1 aromatic carbocycles. The smallest absolute Gasteiger partial charge is 0.250 e. The molecule has 0 saturated heterocycles. The summed E-state index contributed by atoms with van der Waals surface area (Å²) >= 11 is 0. The third-order valence-corrected chi connectivity index (χ3v) is 4.81. The van der Waals surface area contributed by atoms with E-state index in [1.165, 1.54) is 10.6 Å². The van der Waals surface area contributed by atoms with Crippen molar-refractivity contribution in [3.8, 4) is 0 Å². The summed E-state index contributed by atoms with van der Waals surface area (Å²) in [6, 6.07) is 12.4. The van der Waals surface area contributed by atoms with Crippen LogP contribution >= 0.6 is 0 Å². The van der Waals surface area contributed by atoms with Crippen molar-refractivity contribution in [1.82, 2.24) is 9.47 Å². The van der Waals surface area contributed by atoms with Gasteiger partial charge in [-0.2, -0.15) is 0 Å². The predicted molar refractivity (Wildman–Crippen MR) is 90.6 cm³/mol. The van der Waals surface area contributed by atoms with E-state index in [0.29, 0.717) is 5.56 Å². The maximum atomic E-state index is 11.9. The summed E-state index contributed by atoms with van der Waals surface area (Å²) in [6.45, 7) is 0. The number of hydrogen-bond donors (Lipinski definition) is 1. The van der Waals surface area contributed by atoms with Gasteiger partial charge in [-0.3, -0.25) is 9.69 Å². The highest BCUT2D eigenvalue weighted by Gasteiger charge is 2.40. The first kappa shape index (κ1) is 17.4. The molecule has 0 saturated carbocycles. The highest BCUT2D eigenvalue weighted by atomic mass is 32.2. The number of nitrogens with zero attached hydrogens (tertiary/aromatic N) is 2. The lowest BCUT2D eigenvalue weighted by Crippen LogP contribution is -2.49. The van der Waals surface area contributed by atoms with Crippen molar-refractivity contribution >= 4 is 10.0 Å². The lowest BCUT2D eigenvalue weighted by atomic mass is 9.84. The quantitative estimate of drug-likeness (QED) is 0.861. The van der Waals surface area contributed by atoms with Gasteiger partial charge >= 0.3 is 0 Å². The van der Waals surface area contributed by atoms with E-state index in [1.807, 2.05) is 35.2 Å². The minimum atomic E-state index is -3.78. The molecule has 1 heterocycles. The maximum Gasteiger partial charge on any atom is 0.250 e. The van der Waals surface area contributed by atoms with Gasteiger partial charge in [0.2, 0.25) is 15.6 Å². The van der Waals surface area contributed by atoms with E-state index in [4.69, 9.17) is 5.14 Å². The number of rotatable bonds is 5. The molecule has 2 rings (SSSR count). The standard InChI is InChI=1S/C16H21N3O3S/c1-18(2)16(12-23(17,21)22,13-7-5-4-6-8-13)14-9-10-15(20)19(3)11-14/h4-11H,12H2,1-3H3,(H2,17,21,22). The third kappa shape index (κ3) is 3.52. The maximum absolute atomic E-state index is 11.9. The van der Waals surface area contributed by atoms with Crippen LogP contribution in [-0.4, -0.2) is 37.7 Å². The largest absolute Gasteiger partial charge is 0.318 e. The van der Waals surface area contributed by atoms with Gasteiger partial charge in [0.1, 0.15) is 0 Å². The van der Waals surface area contributed by atoms with E-state index in [9.17, 15) is 13.2 Å². The second kappa shape index (κ2) is 6.27. The van der Waals surface area contributed by atoms with Gasteiger partial charge in [0.05, 0.1) is 11.3 Å². The lowest BCUT2D eigenvalue weighted by Gasteiger charge is -2.40. The van der Waals surface area contributed by atoms with Gasteiger partial charge < -0.3 is 4.57 Å². The number of aryl methyl sites for hydroxylation is 1. The summed E-state index contributed by atoms with van der Waals surface area (Å²) in [7, 11) is 1.45. The molecule has 0 aliphatic carbocycles. The van der Waals surface area contributed by atoms with Crippen LogP contribution in [-0.2, 0) is 22.6 Å². The summed E-state index contributed by atoms with van der Waals surface area (Å²) in [5.74, 6) is -0.296. The van der Waals surface area contributed by atoms with Crippen LogP contribution in [0.15, 0.2) is 53.5 Å². The highest BCUT2D eigenvalue weighted by molar-refractivity contribution is 7.89. The molecule has 0 radical (unpaired) electrons. The summed E-state index contributed by atoms with van der Waals surface area (Å²) < 4.78 is 25.3. The molecule has 124 valence electrons. The fourth-order valence-electron chi connectivity index (χ4n) is 2.82. The number of primary sulfonamides is 1. The molecule has 2 N–H and O–H groups in total. The summed E-state index contributed by atoms with van der Waals surface area (Å²) in [6.07, 6.45) is 1.65. The Labute approximate surface area is 136 Å². The first-order chi connectivity index (χ1) is 10.7. The van der Waals surface area contributed by atoms with Gasteiger partial charge in [-0.05, 0) is 31.3 Å². The van der Waals surface area contributed by atoms with Crippen molar-refractivity contribution in [2.45, 2.75) is 5.54 Å². The van der Waals surface area contributed by atoms with Crippen LogP contribution in [0.5, 0.6) is 0 Å². The molecular formula is C16H21N3O3S. The van der Waals surface area contributed by atoms with Crippen molar-refractivity contribution in [3.05, 3.63) is 70.1 Å². The lowest BCUT2D eigenvalue weighted by molar-refractivity contribution is 0.224. The average molecular weight is 335 g/mol. The first-order valence-electron chi connectivity index (χ1n) is 7.07. The van der Waals surface area contributed by atoms with Crippen LogP contribution in [0.1, 0.15) is 11.1 Å².